The molecule has 2 aliphatic heterocycles. The van der Waals surface area contributed by atoms with Crippen molar-refractivity contribution in [2.75, 3.05) is 0 Å². The Balaban J connectivity index is 1.52. The van der Waals surface area contributed by atoms with E-state index in [9.17, 15) is 5.11 Å². The summed E-state index contributed by atoms with van der Waals surface area (Å²) in [5, 5.41) is 13.4. The number of pyridine rings is 1. The van der Waals surface area contributed by atoms with Crippen LogP contribution in [0, 0.1) is 5.92 Å². The largest absolute Gasteiger partial charge is 0.393 e. The molecule has 1 aromatic heterocycles. The van der Waals surface area contributed by atoms with Crippen molar-refractivity contribution in [1.29, 1.82) is 0 Å². The van der Waals surface area contributed by atoms with Crippen molar-refractivity contribution in [3.8, 4) is 0 Å². The van der Waals surface area contributed by atoms with Crippen LogP contribution >= 0.6 is 0 Å². The van der Waals surface area contributed by atoms with Crippen molar-refractivity contribution in [3.63, 3.8) is 0 Å². The highest BCUT2D eigenvalue weighted by Gasteiger charge is 2.39. The molecule has 29 heavy (non-hydrogen) atoms. The molecule has 156 valence electrons. The summed E-state index contributed by atoms with van der Waals surface area (Å²) in [6.45, 7) is 6.54. The average molecular weight is 397 g/mol. The number of rotatable bonds is 5. The molecule has 1 fully saturated rings. The normalized spacial score (nSPS) is 30.0. The summed E-state index contributed by atoms with van der Waals surface area (Å²) in [5.41, 5.74) is 0.926. The summed E-state index contributed by atoms with van der Waals surface area (Å²) in [6, 6.07) is 4.44. The van der Waals surface area contributed by atoms with E-state index in [4.69, 9.17) is 15.0 Å². The van der Waals surface area contributed by atoms with Crippen LogP contribution < -0.4 is 5.32 Å². The van der Waals surface area contributed by atoms with E-state index >= 15 is 0 Å². The third kappa shape index (κ3) is 4.50. The van der Waals surface area contributed by atoms with Gasteiger partial charge in [0, 0.05) is 30.0 Å². The van der Waals surface area contributed by atoms with Gasteiger partial charge in [0.25, 0.3) is 0 Å². The van der Waals surface area contributed by atoms with Crippen molar-refractivity contribution < 1.29 is 5.11 Å². The van der Waals surface area contributed by atoms with Crippen LogP contribution in [0.4, 0.5) is 0 Å². The minimum Gasteiger partial charge on any atom is -0.393 e. The molecule has 1 aromatic rings. The van der Waals surface area contributed by atoms with Gasteiger partial charge in [0.05, 0.1) is 12.4 Å². The number of fused-ring (bicyclic) bond motifs is 1. The molecule has 3 heterocycles. The second-order valence-corrected chi connectivity index (χ2v) is 8.81. The smallest absolute Gasteiger partial charge is 0.160 e. The number of amidine groups is 2. The zero-order chi connectivity index (χ0) is 20.4. The average Bonchev–Trinajstić information content (AvgIpc) is 3.15. The first-order valence-electron chi connectivity index (χ1n) is 10.8. The van der Waals surface area contributed by atoms with Gasteiger partial charge in [-0.15, -0.1) is 0 Å². The van der Waals surface area contributed by atoms with Crippen molar-refractivity contribution in [1.82, 2.24) is 15.2 Å². The number of nitrogens with zero attached hydrogens (tertiary/aromatic N) is 5. The Morgan fingerprint density at radius 3 is 2.69 bits per heavy atom. The van der Waals surface area contributed by atoms with Crippen molar-refractivity contribution in [2.45, 2.75) is 83.3 Å². The van der Waals surface area contributed by atoms with E-state index < -0.39 is 0 Å². The molecule has 7 nitrogen and oxygen atoms in total. The van der Waals surface area contributed by atoms with Gasteiger partial charge < -0.3 is 15.3 Å². The summed E-state index contributed by atoms with van der Waals surface area (Å²) in [4.78, 5) is 21.0. The number of aliphatic hydroxyl groups is 1. The summed E-state index contributed by atoms with van der Waals surface area (Å²) < 4.78 is 0. The van der Waals surface area contributed by atoms with Crippen molar-refractivity contribution in [3.05, 3.63) is 30.1 Å². The predicted octanol–water partition coefficient (Wildman–Crippen LogP) is 2.61. The lowest BCUT2D eigenvalue weighted by Gasteiger charge is -2.33. The molecule has 0 bridgehead atoms. The molecule has 3 atom stereocenters. The number of aliphatic hydroxyl groups excluding tert-OH is 1. The Morgan fingerprint density at radius 2 is 2.00 bits per heavy atom. The number of hydrogen-bond acceptors (Lipinski definition) is 7. The van der Waals surface area contributed by atoms with Gasteiger partial charge in [-0.2, -0.15) is 0 Å². The van der Waals surface area contributed by atoms with Crippen LogP contribution in [0.2, 0.25) is 0 Å². The molecular weight excluding hydrogens is 364 g/mol. The van der Waals surface area contributed by atoms with Crippen LogP contribution in [0.1, 0.15) is 58.4 Å². The highest BCUT2D eigenvalue weighted by Crippen LogP contribution is 2.28. The molecule has 3 aliphatic rings. The number of aromatic nitrogens is 1. The molecule has 3 unspecified atom stereocenters. The summed E-state index contributed by atoms with van der Waals surface area (Å²) >= 11 is 0. The van der Waals surface area contributed by atoms with Crippen molar-refractivity contribution in [2.24, 2.45) is 20.9 Å². The molecule has 7 heteroatoms. The molecule has 0 aromatic carbocycles. The SMILES string of the molecule is CC(CC1CCC(O)CC1)NC1=NC(c2cccnc2)=NC2C1N=CN2C(C)C. The molecule has 0 amide bonds. The highest BCUT2D eigenvalue weighted by atomic mass is 16.3. The van der Waals surface area contributed by atoms with Gasteiger partial charge in [0.15, 0.2) is 12.0 Å². The van der Waals surface area contributed by atoms with Crippen molar-refractivity contribution >= 4 is 18.0 Å². The van der Waals surface area contributed by atoms with Crippen LogP contribution in [-0.2, 0) is 0 Å². The summed E-state index contributed by atoms with van der Waals surface area (Å²) in [5.74, 6) is 2.27. The van der Waals surface area contributed by atoms with Crippen LogP contribution in [0.3, 0.4) is 0 Å². The molecule has 2 N–H and O–H groups in total. The Morgan fingerprint density at radius 1 is 1.21 bits per heavy atom. The van der Waals surface area contributed by atoms with E-state index in [-0.39, 0.29) is 18.3 Å². The summed E-state index contributed by atoms with van der Waals surface area (Å²) in [7, 11) is 0. The van der Waals surface area contributed by atoms with Crippen LogP contribution in [-0.4, -0.2) is 63.4 Å². The van der Waals surface area contributed by atoms with Gasteiger partial charge in [-0.05, 0) is 70.9 Å². The van der Waals surface area contributed by atoms with Gasteiger partial charge in [-0.1, -0.05) is 0 Å². The topological polar surface area (TPSA) is 85.5 Å². The van der Waals surface area contributed by atoms with Gasteiger partial charge in [-0.3, -0.25) is 9.98 Å². The first kappa shape index (κ1) is 20.0. The van der Waals surface area contributed by atoms with E-state index in [0.29, 0.717) is 23.8 Å². The van der Waals surface area contributed by atoms with Gasteiger partial charge in [0.2, 0.25) is 0 Å². The van der Waals surface area contributed by atoms with E-state index in [2.05, 4.69) is 36.0 Å². The quantitative estimate of drug-likeness (QED) is 0.801. The summed E-state index contributed by atoms with van der Waals surface area (Å²) in [6.07, 6.45) is 10.5. The number of hydrogen-bond donors (Lipinski definition) is 2. The lowest BCUT2D eigenvalue weighted by molar-refractivity contribution is 0.104. The lowest BCUT2D eigenvalue weighted by Crippen LogP contribution is -2.51. The minimum atomic E-state index is -0.105. The predicted molar refractivity (Wildman–Crippen MR) is 116 cm³/mol. The molecule has 1 saturated carbocycles. The van der Waals surface area contributed by atoms with Crippen LogP contribution in [0.5, 0.6) is 0 Å². The maximum atomic E-state index is 9.76. The minimum absolute atomic E-state index is 0.0674. The van der Waals surface area contributed by atoms with E-state index in [1.807, 2.05) is 24.7 Å². The number of nitrogens with one attached hydrogen (secondary N) is 1. The Labute approximate surface area is 173 Å². The zero-order valence-electron chi connectivity index (χ0n) is 17.6. The lowest BCUT2D eigenvalue weighted by atomic mass is 9.83. The maximum absolute atomic E-state index is 9.76. The molecule has 0 spiro atoms. The standard InChI is InChI=1S/C22H32N6O/c1-14(2)28-13-24-19-21(25-15(3)11-16-6-8-18(29)9-7-16)26-20(27-22(19)28)17-5-4-10-23-12-17/h4-5,10,12-16,18-19,22,29H,6-9,11H2,1-3H3,(H,25,26,27). The molecule has 0 saturated heterocycles. The third-order valence-electron chi connectivity index (χ3n) is 6.12. The Kier molecular flexibility index (Phi) is 5.94. The van der Waals surface area contributed by atoms with Gasteiger partial charge in [-0.25, -0.2) is 9.98 Å². The third-order valence-corrected chi connectivity index (χ3v) is 6.12. The van der Waals surface area contributed by atoms with Gasteiger partial charge >= 0.3 is 0 Å². The molecule has 4 rings (SSSR count). The first-order valence-corrected chi connectivity index (χ1v) is 10.8. The van der Waals surface area contributed by atoms with Crippen LogP contribution in [0.15, 0.2) is 39.5 Å². The highest BCUT2D eigenvalue weighted by molar-refractivity contribution is 6.10. The molecule has 1 aliphatic carbocycles. The Hall–Kier alpha value is -2.28. The number of aliphatic imine (C=N–C) groups is 3. The fourth-order valence-electron chi connectivity index (χ4n) is 4.52. The van der Waals surface area contributed by atoms with E-state index in [1.54, 1.807) is 6.20 Å². The molecular formula is C22H32N6O. The molecule has 0 radical (unpaired) electrons. The zero-order valence-corrected chi connectivity index (χ0v) is 17.6. The van der Waals surface area contributed by atoms with Gasteiger partial charge in [0.1, 0.15) is 11.9 Å². The second kappa shape index (κ2) is 8.61. The van der Waals surface area contributed by atoms with E-state index in [1.165, 1.54) is 0 Å². The fourth-order valence-corrected chi connectivity index (χ4v) is 4.52. The Bertz CT molecular complexity index is 782. The first-order chi connectivity index (χ1) is 14.0. The fraction of sp³-hybridized carbons (Fsp3) is 0.636. The van der Waals surface area contributed by atoms with E-state index in [0.717, 1.165) is 43.5 Å². The maximum Gasteiger partial charge on any atom is 0.160 e. The second-order valence-electron chi connectivity index (χ2n) is 8.81. The monoisotopic (exact) mass is 396 g/mol. The van der Waals surface area contributed by atoms with Crippen LogP contribution in [0.25, 0.3) is 0 Å².